The molecule has 2 aliphatic rings. The van der Waals surface area contributed by atoms with E-state index >= 15 is 0 Å². The van der Waals surface area contributed by atoms with E-state index in [1.54, 1.807) is 35.9 Å². The minimum absolute atomic E-state index is 0. The number of nitrogens with zero attached hydrogens (tertiary/aromatic N) is 5. The molecule has 2 fully saturated rings. The van der Waals surface area contributed by atoms with E-state index in [1.165, 1.54) is 23.0 Å². The predicted molar refractivity (Wildman–Crippen MR) is 168 cm³/mol. The first kappa shape index (κ1) is 33.5. The van der Waals surface area contributed by atoms with Crippen molar-refractivity contribution in [3.05, 3.63) is 52.6 Å². The zero-order chi connectivity index (χ0) is 29.7. The Morgan fingerprint density at radius 2 is 1.74 bits per heavy atom. The number of carbonyl (C=O) groups is 2. The molecule has 5 N–H and O–H groups in total. The molecule has 1 saturated carbocycles. The van der Waals surface area contributed by atoms with Crippen molar-refractivity contribution in [1.82, 2.24) is 24.3 Å². The highest BCUT2D eigenvalue weighted by Crippen LogP contribution is 2.24. The van der Waals surface area contributed by atoms with E-state index in [0.29, 0.717) is 49.9 Å². The maximum Gasteiger partial charge on any atom is 0.354 e. The second-order valence-electron chi connectivity index (χ2n) is 12.3. The molecular formula is C30H47ClN8O3. The van der Waals surface area contributed by atoms with Crippen LogP contribution in [0.5, 0.6) is 0 Å². The van der Waals surface area contributed by atoms with Gasteiger partial charge in [-0.25, -0.2) is 9.59 Å². The Bertz CT molecular complexity index is 1250. The average molecular weight is 603 g/mol. The number of halogens is 1. The number of hydrogen-bond donors (Lipinski definition) is 3. The lowest BCUT2D eigenvalue weighted by atomic mass is 9.85. The first-order chi connectivity index (χ1) is 19.4. The monoisotopic (exact) mass is 602 g/mol. The third-order valence-corrected chi connectivity index (χ3v) is 8.31. The number of benzene rings is 1. The number of nitrogens with one attached hydrogen (secondary N) is 1. The molecule has 0 spiro atoms. The van der Waals surface area contributed by atoms with Crippen LogP contribution in [-0.4, -0.2) is 93.6 Å². The lowest BCUT2D eigenvalue weighted by Gasteiger charge is -2.37. The summed E-state index contributed by atoms with van der Waals surface area (Å²) in [4.78, 5) is 47.7. The van der Waals surface area contributed by atoms with Crippen LogP contribution in [-0.2, 0) is 11.2 Å². The van der Waals surface area contributed by atoms with Crippen LogP contribution in [0.2, 0.25) is 0 Å². The molecule has 1 saturated heterocycles. The third kappa shape index (κ3) is 8.76. The van der Waals surface area contributed by atoms with Crippen molar-refractivity contribution in [2.24, 2.45) is 17.4 Å². The number of amides is 3. The van der Waals surface area contributed by atoms with Gasteiger partial charge in [-0.2, -0.15) is 4.98 Å². The fraction of sp³-hybridized carbons (Fsp3) is 0.600. The predicted octanol–water partition coefficient (Wildman–Crippen LogP) is 2.45. The normalized spacial score (nSPS) is 20.2. The Morgan fingerprint density at radius 1 is 1.10 bits per heavy atom. The summed E-state index contributed by atoms with van der Waals surface area (Å²) in [7, 11) is 2.19. The summed E-state index contributed by atoms with van der Waals surface area (Å²) in [5.41, 5.74) is 12.6. The highest BCUT2D eigenvalue weighted by Gasteiger charge is 2.31. The van der Waals surface area contributed by atoms with Crippen molar-refractivity contribution in [2.45, 2.75) is 70.5 Å². The molecule has 1 aromatic carbocycles. The highest BCUT2D eigenvalue weighted by atomic mass is 35.5. The number of hydrogen-bond acceptors (Lipinski definition) is 7. The van der Waals surface area contributed by atoms with Gasteiger partial charge in [0, 0.05) is 51.0 Å². The molecule has 0 bridgehead atoms. The number of urea groups is 1. The van der Waals surface area contributed by atoms with Gasteiger partial charge in [0.05, 0.1) is 11.2 Å². The zero-order valence-corrected chi connectivity index (χ0v) is 26.1. The van der Waals surface area contributed by atoms with Gasteiger partial charge in [-0.15, -0.1) is 12.4 Å². The summed E-state index contributed by atoms with van der Waals surface area (Å²) in [5.74, 6) is 0.716. The first-order valence-electron chi connectivity index (χ1n) is 14.7. The van der Waals surface area contributed by atoms with Gasteiger partial charge in [-0.1, -0.05) is 18.6 Å². The Kier molecular flexibility index (Phi) is 11.5. The summed E-state index contributed by atoms with van der Waals surface area (Å²) in [5, 5.41) is 2.70. The molecule has 3 atom stereocenters. The molecule has 12 heteroatoms. The fourth-order valence-corrected chi connectivity index (χ4v) is 5.75. The second kappa shape index (κ2) is 14.5. The number of likely N-dealkylation sites (N-methyl/N-ethyl adjacent to an activating group) is 1. The number of nitrogens with two attached hydrogens (primary N) is 2. The highest BCUT2D eigenvalue weighted by molar-refractivity contribution is 5.89. The van der Waals surface area contributed by atoms with Crippen molar-refractivity contribution in [3.8, 4) is 5.69 Å². The maximum absolute atomic E-state index is 12.8. The van der Waals surface area contributed by atoms with Gasteiger partial charge in [0.1, 0.15) is 5.82 Å². The average Bonchev–Trinajstić information content (AvgIpc) is 2.93. The van der Waals surface area contributed by atoms with Gasteiger partial charge in [-0.3, -0.25) is 14.7 Å². The second-order valence-corrected chi connectivity index (χ2v) is 12.3. The van der Waals surface area contributed by atoms with Crippen molar-refractivity contribution in [2.75, 3.05) is 45.1 Å². The molecule has 1 aliphatic heterocycles. The molecule has 4 rings (SSSR count). The Morgan fingerprint density at radius 3 is 2.33 bits per heavy atom. The molecule has 42 heavy (non-hydrogen) atoms. The summed E-state index contributed by atoms with van der Waals surface area (Å²) >= 11 is 0. The smallest absolute Gasteiger partial charge is 0.338 e. The molecule has 2 aromatic rings. The van der Waals surface area contributed by atoms with Crippen molar-refractivity contribution >= 4 is 30.2 Å². The van der Waals surface area contributed by atoms with Crippen LogP contribution < -0.4 is 22.5 Å². The number of anilines is 1. The Labute approximate surface area is 255 Å². The van der Waals surface area contributed by atoms with Gasteiger partial charge in [-0.05, 0) is 83.2 Å². The first-order valence-corrected chi connectivity index (χ1v) is 14.7. The standard InChI is InChI=1S/C30H46N8O3.ClH/c1-21(35(4)20-23-6-5-7-24(31)19-23)18-22-8-10-25(11-9-22)38-13-12-26(34-29(38)41)33-28(40)37-16-14-36(15-17-37)27(39)30(2,3)32;/h8-13,21,23-24H,5-7,14-20,31-32H2,1-4H3,(H,33,34,40,41);1H. The van der Waals surface area contributed by atoms with Crippen LogP contribution in [0.15, 0.2) is 41.3 Å². The van der Waals surface area contributed by atoms with Gasteiger partial charge in [0.15, 0.2) is 0 Å². The van der Waals surface area contributed by atoms with E-state index in [4.69, 9.17) is 11.5 Å². The van der Waals surface area contributed by atoms with Gasteiger partial charge in [0.25, 0.3) is 0 Å². The molecule has 1 aromatic heterocycles. The van der Waals surface area contributed by atoms with Crippen molar-refractivity contribution in [3.63, 3.8) is 0 Å². The van der Waals surface area contributed by atoms with E-state index in [2.05, 4.69) is 41.3 Å². The van der Waals surface area contributed by atoms with E-state index in [1.807, 2.05) is 12.1 Å². The van der Waals surface area contributed by atoms with Crippen LogP contribution in [0.25, 0.3) is 5.69 Å². The lowest BCUT2D eigenvalue weighted by Crippen LogP contribution is -2.58. The number of carbonyl (C=O) groups excluding carboxylic acids is 2. The molecule has 0 radical (unpaired) electrons. The molecule has 3 unspecified atom stereocenters. The van der Waals surface area contributed by atoms with Crippen molar-refractivity contribution < 1.29 is 9.59 Å². The topological polar surface area (TPSA) is 143 Å². The zero-order valence-electron chi connectivity index (χ0n) is 25.3. The van der Waals surface area contributed by atoms with E-state index in [9.17, 15) is 14.4 Å². The molecule has 2 heterocycles. The minimum atomic E-state index is -0.947. The van der Waals surface area contributed by atoms with Crippen LogP contribution in [0.1, 0.15) is 52.0 Å². The maximum atomic E-state index is 12.8. The minimum Gasteiger partial charge on any atom is -0.338 e. The largest absolute Gasteiger partial charge is 0.354 e. The SMILES string of the molecule is CC(Cc1ccc(-n2ccc(NC(=O)N3CCN(C(=O)C(C)(C)N)CC3)nc2=O)cc1)N(C)CC1CCCC(N)C1.Cl. The summed E-state index contributed by atoms with van der Waals surface area (Å²) in [6.07, 6.45) is 7.29. The van der Waals surface area contributed by atoms with Gasteiger partial charge >= 0.3 is 11.7 Å². The van der Waals surface area contributed by atoms with E-state index < -0.39 is 11.2 Å². The van der Waals surface area contributed by atoms with Crippen LogP contribution in [0, 0.1) is 5.92 Å². The van der Waals surface area contributed by atoms with E-state index in [0.717, 1.165) is 25.8 Å². The van der Waals surface area contributed by atoms with Crippen LogP contribution >= 0.6 is 12.4 Å². The molecule has 3 amide bonds. The lowest BCUT2D eigenvalue weighted by molar-refractivity contribution is -0.137. The van der Waals surface area contributed by atoms with Crippen LogP contribution in [0.4, 0.5) is 10.6 Å². The summed E-state index contributed by atoms with van der Waals surface area (Å²) in [6.45, 7) is 8.22. The number of aromatic nitrogens is 2. The van der Waals surface area contributed by atoms with Gasteiger partial charge < -0.3 is 26.2 Å². The fourth-order valence-electron chi connectivity index (χ4n) is 5.75. The van der Waals surface area contributed by atoms with Gasteiger partial charge in [0.2, 0.25) is 5.91 Å². The quantitative estimate of drug-likeness (QED) is 0.421. The van der Waals surface area contributed by atoms with Crippen molar-refractivity contribution in [1.29, 1.82) is 0 Å². The van der Waals surface area contributed by atoms with Crippen LogP contribution in [0.3, 0.4) is 0 Å². The molecule has 1 aliphatic carbocycles. The molecule has 11 nitrogen and oxygen atoms in total. The Hall–Kier alpha value is -2.99. The molecular weight excluding hydrogens is 556 g/mol. The Balaban J connectivity index is 0.00000484. The summed E-state index contributed by atoms with van der Waals surface area (Å²) in [6, 6.07) is 9.93. The van der Waals surface area contributed by atoms with E-state index in [-0.39, 0.29) is 30.2 Å². The number of piperazine rings is 1. The third-order valence-electron chi connectivity index (χ3n) is 8.31. The summed E-state index contributed by atoms with van der Waals surface area (Å²) < 4.78 is 1.46. The molecule has 232 valence electrons. The number of rotatable bonds is 8.